The minimum absolute atomic E-state index is 0.0331. The first-order chi connectivity index (χ1) is 9.49. The summed E-state index contributed by atoms with van der Waals surface area (Å²) in [5, 5.41) is 11.7. The van der Waals surface area contributed by atoms with Gasteiger partial charge in [-0.3, -0.25) is 4.79 Å². The van der Waals surface area contributed by atoms with Gasteiger partial charge in [-0.15, -0.1) is 0 Å². The molecule has 0 saturated heterocycles. The molecule has 0 saturated carbocycles. The van der Waals surface area contributed by atoms with Crippen molar-refractivity contribution in [1.82, 2.24) is 0 Å². The Morgan fingerprint density at radius 2 is 1.85 bits per heavy atom. The predicted molar refractivity (Wildman–Crippen MR) is 77.2 cm³/mol. The molecule has 0 aliphatic heterocycles. The number of halogens is 1. The van der Waals surface area contributed by atoms with Crippen LogP contribution in [-0.4, -0.2) is 17.0 Å². The van der Waals surface area contributed by atoms with E-state index >= 15 is 0 Å². The number of nitrogen functional groups attached to an aromatic ring is 1. The molecule has 2 rings (SSSR count). The molecule has 102 valence electrons. The van der Waals surface area contributed by atoms with Gasteiger partial charge in [-0.1, -0.05) is 23.7 Å². The lowest BCUT2D eigenvalue weighted by molar-refractivity contribution is 0.0696. The second kappa shape index (κ2) is 5.63. The number of aromatic carboxylic acids is 1. The number of para-hydroxylation sites is 1. The SMILES string of the molecule is Nc1ccccc1C(=O)Nc1cc(C(=O)O)ccc1Cl. The number of nitrogens with one attached hydrogen (secondary N) is 1. The summed E-state index contributed by atoms with van der Waals surface area (Å²) >= 11 is 5.93. The number of carbonyl (C=O) groups excluding carboxylic acids is 1. The maximum absolute atomic E-state index is 12.1. The summed E-state index contributed by atoms with van der Waals surface area (Å²) in [7, 11) is 0. The van der Waals surface area contributed by atoms with E-state index in [4.69, 9.17) is 22.4 Å². The van der Waals surface area contributed by atoms with Crippen LogP contribution in [0.25, 0.3) is 0 Å². The van der Waals surface area contributed by atoms with Crippen molar-refractivity contribution in [2.24, 2.45) is 0 Å². The minimum atomic E-state index is -1.10. The Bertz CT molecular complexity index is 686. The maximum Gasteiger partial charge on any atom is 0.335 e. The zero-order valence-corrected chi connectivity index (χ0v) is 11.0. The van der Waals surface area contributed by atoms with Gasteiger partial charge in [0.25, 0.3) is 5.91 Å². The van der Waals surface area contributed by atoms with E-state index in [1.807, 2.05) is 0 Å². The number of hydrogen-bond donors (Lipinski definition) is 3. The lowest BCUT2D eigenvalue weighted by Gasteiger charge is -2.09. The first kappa shape index (κ1) is 13.9. The van der Waals surface area contributed by atoms with Crippen LogP contribution in [0.3, 0.4) is 0 Å². The standard InChI is InChI=1S/C14H11ClN2O3/c15-10-6-5-8(14(19)20)7-12(10)17-13(18)9-3-1-2-4-11(9)16/h1-7H,16H2,(H,17,18)(H,19,20). The molecule has 0 atom stereocenters. The topological polar surface area (TPSA) is 92.4 Å². The second-order valence-corrected chi connectivity index (χ2v) is 4.45. The average Bonchev–Trinajstić information content (AvgIpc) is 2.41. The molecular weight excluding hydrogens is 280 g/mol. The van der Waals surface area contributed by atoms with Crippen molar-refractivity contribution in [2.45, 2.75) is 0 Å². The van der Waals surface area contributed by atoms with Gasteiger partial charge in [0, 0.05) is 5.69 Å². The number of rotatable bonds is 3. The van der Waals surface area contributed by atoms with Crippen molar-refractivity contribution in [2.75, 3.05) is 11.1 Å². The van der Waals surface area contributed by atoms with Crippen LogP contribution >= 0.6 is 11.6 Å². The first-order valence-electron chi connectivity index (χ1n) is 5.67. The zero-order valence-electron chi connectivity index (χ0n) is 10.3. The van der Waals surface area contributed by atoms with E-state index in [9.17, 15) is 9.59 Å². The Morgan fingerprint density at radius 3 is 2.50 bits per heavy atom. The molecule has 0 bridgehead atoms. The molecule has 20 heavy (non-hydrogen) atoms. The van der Waals surface area contributed by atoms with Crippen LogP contribution in [0.4, 0.5) is 11.4 Å². The molecule has 0 aliphatic carbocycles. The highest BCUT2D eigenvalue weighted by Gasteiger charge is 2.13. The molecule has 4 N–H and O–H groups in total. The van der Waals surface area contributed by atoms with Gasteiger partial charge in [-0.25, -0.2) is 4.79 Å². The minimum Gasteiger partial charge on any atom is -0.478 e. The Morgan fingerprint density at radius 1 is 1.15 bits per heavy atom. The third-order valence-corrected chi connectivity index (χ3v) is 3.00. The van der Waals surface area contributed by atoms with Gasteiger partial charge < -0.3 is 16.2 Å². The van der Waals surface area contributed by atoms with Crippen LogP contribution in [0.2, 0.25) is 5.02 Å². The molecule has 0 spiro atoms. The summed E-state index contributed by atoms with van der Waals surface area (Å²) in [6.07, 6.45) is 0. The van der Waals surface area contributed by atoms with Gasteiger partial charge in [-0.2, -0.15) is 0 Å². The van der Waals surface area contributed by atoms with Gasteiger partial charge >= 0.3 is 5.97 Å². The van der Waals surface area contributed by atoms with Crippen LogP contribution < -0.4 is 11.1 Å². The number of carboxylic acid groups (broad SMARTS) is 1. The van der Waals surface area contributed by atoms with E-state index in [1.54, 1.807) is 24.3 Å². The van der Waals surface area contributed by atoms with Crippen LogP contribution in [0, 0.1) is 0 Å². The van der Waals surface area contributed by atoms with Crippen molar-refractivity contribution in [3.63, 3.8) is 0 Å². The number of hydrogen-bond acceptors (Lipinski definition) is 3. The fourth-order valence-electron chi connectivity index (χ4n) is 1.65. The average molecular weight is 291 g/mol. The molecule has 1 amide bonds. The van der Waals surface area contributed by atoms with Crippen molar-refractivity contribution >= 4 is 34.9 Å². The summed E-state index contributed by atoms with van der Waals surface area (Å²) < 4.78 is 0. The Balaban J connectivity index is 2.30. The predicted octanol–water partition coefficient (Wildman–Crippen LogP) is 2.87. The third kappa shape index (κ3) is 2.89. The maximum atomic E-state index is 12.1. The lowest BCUT2D eigenvalue weighted by atomic mass is 10.1. The summed E-state index contributed by atoms with van der Waals surface area (Å²) in [6.45, 7) is 0. The van der Waals surface area contributed by atoms with Gasteiger partial charge in [0.2, 0.25) is 0 Å². The highest BCUT2D eigenvalue weighted by Crippen LogP contribution is 2.24. The molecule has 2 aromatic rings. The summed E-state index contributed by atoms with van der Waals surface area (Å²) in [6, 6.07) is 10.6. The Hall–Kier alpha value is -2.53. The third-order valence-electron chi connectivity index (χ3n) is 2.67. The molecule has 6 heteroatoms. The molecule has 0 aliphatic rings. The van der Waals surface area contributed by atoms with Crippen molar-refractivity contribution < 1.29 is 14.7 Å². The summed E-state index contributed by atoms with van der Waals surface area (Å²) in [5.41, 5.74) is 6.58. The van der Waals surface area contributed by atoms with E-state index in [0.717, 1.165) is 0 Å². The van der Waals surface area contributed by atoms with E-state index in [-0.39, 0.29) is 16.3 Å². The number of nitrogens with two attached hydrogens (primary N) is 1. The monoisotopic (exact) mass is 290 g/mol. The molecule has 0 unspecified atom stereocenters. The molecule has 2 aromatic carbocycles. The van der Waals surface area contributed by atoms with Crippen LogP contribution in [0.5, 0.6) is 0 Å². The first-order valence-corrected chi connectivity index (χ1v) is 6.05. The summed E-state index contributed by atoms with van der Waals surface area (Å²) in [5.74, 6) is -1.55. The highest BCUT2D eigenvalue weighted by atomic mass is 35.5. The van der Waals surface area contributed by atoms with E-state index in [2.05, 4.69) is 5.32 Å². The van der Waals surface area contributed by atoms with Gasteiger partial charge in [0.05, 0.1) is 21.8 Å². The van der Waals surface area contributed by atoms with E-state index in [0.29, 0.717) is 11.3 Å². The number of benzene rings is 2. The van der Waals surface area contributed by atoms with Gasteiger partial charge in [-0.05, 0) is 30.3 Å². The zero-order chi connectivity index (χ0) is 14.7. The number of carbonyl (C=O) groups is 2. The van der Waals surface area contributed by atoms with Gasteiger partial charge in [0.15, 0.2) is 0 Å². The number of amides is 1. The van der Waals surface area contributed by atoms with E-state index in [1.165, 1.54) is 18.2 Å². The van der Waals surface area contributed by atoms with Crippen molar-refractivity contribution in [3.8, 4) is 0 Å². The fourth-order valence-corrected chi connectivity index (χ4v) is 1.81. The smallest absolute Gasteiger partial charge is 0.335 e. The second-order valence-electron chi connectivity index (χ2n) is 4.04. The molecule has 0 aromatic heterocycles. The molecule has 0 fully saturated rings. The number of anilines is 2. The quantitative estimate of drug-likeness (QED) is 0.758. The number of carboxylic acids is 1. The molecule has 0 heterocycles. The van der Waals surface area contributed by atoms with Crippen molar-refractivity contribution in [1.29, 1.82) is 0 Å². The molecule has 0 radical (unpaired) electrons. The Labute approximate surface area is 120 Å². The fraction of sp³-hybridized carbons (Fsp3) is 0. The van der Waals surface area contributed by atoms with Gasteiger partial charge in [0.1, 0.15) is 0 Å². The Kier molecular flexibility index (Phi) is 3.91. The van der Waals surface area contributed by atoms with Crippen LogP contribution in [-0.2, 0) is 0 Å². The molecule has 5 nitrogen and oxygen atoms in total. The van der Waals surface area contributed by atoms with E-state index < -0.39 is 11.9 Å². The van der Waals surface area contributed by atoms with Crippen LogP contribution in [0.15, 0.2) is 42.5 Å². The van der Waals surface area contributed by atoms with Crippen molar-refractivity contribution in [3.05, 3.63) is 58.6 Å². The molecular formula is C14H11ClN2O3. The van der Waals surface area contributed by atoms with Crippen LogP contribution in [0.1, 0.15) is 20.7 Å². The largest absolute Gasteiger partial charge is 0.478 e. The highest BCUT2D eigenvalue weighted by molar-refractivity contribution is 6.34. The lowest BCUT2D eigenvalue weighted by Crippen LogP contribution is -2.14. The summed E-state index contributed by atoms with van der Waals surface area (Å²) in [4.78, 5) is 23.0. The normalized spacial score (nSPS) is 10.1.